The van der Waals surface area contributed by atoms with Gasteiger partial charge in [0.1, 0.15) is 6.10 Å². The highest BCUT2D eigenvalue weighted by Crippen LogP contribution is 2.05. The number of nitrogens with one attached hydrogen (secondary N) is 1. The highest BCUT2D eigenvalue weighted by molar-refractivity contribution is 4.69. The van der Waals surface area contributed by atoms with Gasteiger partial charge in [-0.3, -0.25) is 0 Å². The van der Waals surface area contributed by atoms with Crippen molar-refractivity contribution in [2.24, 2.45) is 0 Å². The van der Waals surface area contributed by atoms with Gasteiger partial charge in [0.15, 0.2) is 0 Å². The molecule has 86 valence electrons. The van der Waals surface area contributed by atoms with Gasteiger partial charge in [0.05, 0.1) is 0 Å². The maximum atomic E-state index is 11.9. The quantitative estimate of drug-likeness (QED) is 0.642. The van der Waals surface area contributed by atoms with Crippen LogP contribution in [0.25, 0.3) is 0 Å². The minimum atomic E-state index is -2.65. The number of rotatable bonds is 8. The molecule has 2 N–H and O–H groups in total. The highest BCUT2D eigenvalue weighted by Gasteiger charge is 2.17. The molecule has 14 heavy (non-hydrogen) atoms. The van der Waals surface area contributed by atoms with Gasteiger partial charge in [-0.15, -0.1) is 0 Å². The minimum absolute atomic E-state index is 0.0140. The van der Waals surface area contributed by atoms with Crippen molar-refractivity contribution in [3.63, 3.8) is 0 Å². The molecule has 2 atom stereocenters. The average Bonchev–Trinajstić information content (AvgIpc) is 2.17. The summed E-state index contributed by atoms with van der Waals surface area (Å²) in [6, 6.07) is 0.253. The zero-order chi connectivity index (χ0) is 11.0. The summed E-state index contributed by atoms with van der Waals surface area (Å²) in [5.41, 5.74) is 0. The lowest BCUT2D eigenvalue weighted by Gasteiger charge is -2.18. The fraction of sp³-hybridized carbons (Fsp3) is 1.00. The molecule has 0 saturated carbocycles. The predicted octanol–water partition coefficient (Wildman–Crippen LogP) is 2.17. The first-order valence-corrected chi connectivity index (χ1v) is 5.31. The normalized spacial score (nSPS) is 15.9. The lowest BCUT2D eigenvalue weighted by Crippen LogP contribution is -2.38. The fourth-order valence-electron chi connectivity index (χ4n) is 1.28. The van der Waals surface area contributed by atoms with E-state index in [0.29, 0.717) is 0 Å². The van der Waals surface area contributed by atoms with Crippen LogP contribution in [0.5, 0.6) is 0 Å². The van der Waals surface area contributed by atoms with Gasteiger partial charge in [-0.2, -0.15) is 0 Å². The molecular weight excluding hydrogens is 188 g/mol. The molecule has 0 spiro atoms. The van der Waals surface area contributed by atoms with Crippen LogP contribution >= 0.6 is 0 Å². The molecule has 0 fully saturated rings. The Morgan fingerprint density at radius 1 is 1.29 bits per heavy atom. The van der Waals surface area contributed by atoms with Crippen LogP contribution in [0, 0.1) is 0 Å². The Morgan fingerprint density at radius 2 is 1.93 bits per heavy atom. The molecule has 0 heterocycles. The number of aliphatic hydroxyl groups is 1. The molecule has 2 nitrogen and oxygen atoms in total. The van der Waals surface area contributed by atoms with E-state index in [4.69, 9.17) is 5.11 Å². The molecule has 4 heteroatoms. The van der Waals surface area contributed by atoms with E-state index in [1.807, 2.05) is 6.92 Å². The van der Waals surface area contributed by atoms with Crippen molar-refractivity contribution in [3.05, 3.63) is 0 Å². The first kappa shape index (κ1) is 13.8. The van der Waals surface area contributed by atoms with Crippen LogP contribution in [0.2, 0.25) is 0 Å². The van der Waals surface area contributed by atoms with Gasteiger partial charge in [-0.25, -0.2) is 8.78 Å². The molecular formula is C10H21F2NO. The van der Waals surface area contributed by atoms with E-state index in [0.717, 1.165) is 25.7 Å². The smallest absolute Gasteiger partial charge is 0.265 e. The largest absolute Gasteiger partial charge is 0.386 e. The van der Waals surface area contributed by atoms with Gasteiger partial charge in [0.2, 0.25) is 0 Å². The Labute approximate surface area is 84.7 Å². The van der Waals surface area contributed by atoms with Crippen LogP contribution in [0.4, 0.5) is 8.78 Å². The third-order valence-electron chi connectivity index (χ3n) is 2.31. The minimum Gasteiger partial charge on any atom is -0.386 e. The number of hydrogen-bond acceptors (Lipinski definition) is 2. The Morgan fingerprint density at radius 3 is 2.36 bits per heavy atom. The molecule has 0 aliphatic rings. The molecule has 0 aromatic heterocycles. The van der Waals surface area contributed by atoms with Gasteiger partial charge < -0.3 is 10.4 Å². The topological polar surface area (TPSA) is 32.3 Å². The van der Waals surface area contributed by atoms with Crippen LogP contribution in [0.3, 0.4) is 0 Å². The van der Waals surface area contributed by atoms with Crippen molar-refractivity contribution < 1.29 is 13.9 Å². The number of alkyl halides is 2. The maximum Gasteiger partial charge on any atom is 0.265 e. The summed E-state index contributed by atoms with van der Waals surface area (Å²) in [5.74, 6) is 0. The summed E-state index contributed by atoms with van der Waals surface area (Å²) in [6.07, 6.45) is -0.0815. The molecule has 0 aromatic carbocycles. The zero-order valence-electron chi connectivity index (χ0n) is 8.97. The zero-order valence-corrected chi connectivity index (χ0v) is 8.97. The van der Waals surface area contributed by atoms with Gasteiger partial charge in [0.25, 0.3) is 6.43 Å². The molecule has 0 rings (SSSR count). The lowest BCUT2D eigenvalue weighted by molar-refractivity contribution is -0.00481. The third kappa shape index (κ3) is 6.27. The number of hydrogen-bond donors (Lipinski definition) is 2. The van der Waals surface area contributed by atoms with E-state index in [-0.39, 0.29) is 12.6 Å². The summed E-state index contributed by atoms with van der Waals surface area (Å²) >= 11 is 0. The van der Waals surface area contributed by atoms with E-state index in [1.54, 1.807) is 0 Å². The molecule has 0 radical (unpaired) electrons. The molecule has 0 aliphatic heterocycles. The third-order valence-corrected chi connectivity index (χ3v) is 2.31. The van der Waals surface area contributed by atoms with Crippen molar-refractivity contribution in [1.82, 2.24) is 5.32 Å². The summed E-state index contributed by atoms with van der Waals surface area (Å²) in [7, 11) is 0. The second kappa shape index (κ2) is 8.12. The molecule has 0 bridgehead atoms. The second-order valence-corrected chi connectivity index (χ2v) is 3.56. The summed E-state index contributed by atoms with van der Waals surface area (Å²) < 4.78 is 23.9. The van der Waals surface area contributed by atoms with Gasteiger partial charge in [0, 0.05) is 12.6 Å². The standard InChI is InChI=1S/C10H21F2NO/c1-3-5-6-8(4-2)13-7-9(14)10(11)12/h8-10,13-14H,3-7H2,1-2H3. The van der Waals surface area contributed by atoms with E-state index in [1.165, 1.54) is 0 Å². The van der Waals surface area contributed by atoms with E-state index in [2.05, 4.69) is 12.2 Å². The van der Waals surface area contributed by atoms with Crippen LogP contribution in [-0.4, -0.2) is 30.2 Å². The number of unbranched alkanes of at least 4 members (excludes halogenated alkanes) is 1. The average molecular weight is 209 g/mol. The highest BCUT2D eigenvalue weighted by atomic mass is 19.3. The molecule has 0 amide bonds. The van der Waals surface area contributed by atoms with Crippen LogP contribution in [0.1, 0.15) is 39.5 Å². The summed E-state index contributed by atoms with van der Waals surface area (Å²) in [4.78, 5) is 0. The Bertz CT molecular complexity index is 133. The molecule has 2 unspecified atom stereocenters. The summed E-state index contributed by atoms with van der Waals surface area (Å²) in [5, 5.41) is 11.8. The van der Waals surface area contributed by atoms with Crippen LogP contribution in [-0.2, 0) is 0 Å². The van der Waals surface area contributed by atoms with E-state index >= 15 is 0 Å². The Hall–Kier alpha value is -0.220. The second-order valence-electron chi connectivity index (χ2n) is 3.56. The Kier molecular flexibility index (Phi) is 7.99. The van der Waals surface area contributed by atoms with Crippen molar-refractivity contribution in [1.29, 1.82) is 0 Å². The van der Waals surface area contributed by atoms with Crippen molar-refractivity contribution in [2.45, 2.75) is 58.1 Å². The van der Waals surface area contributed by atoms with Crippen LogP contribution in [0.15, 0.2) is 0 Å². The van der Waals surface area contributed by atoms with Crippen molar-refractivity contribution in [2.75, 3.05) is 6.54 Å². The summed E-state index contributed by atoms with van der Waals surface area (Å²) in [6.45, 7) is 4.10. The first-order chi connectivity index (χ1) is 6.61. The van der Waals surface area contributed by atoms with Crippen molar-refractivity contribution >= 4 is 0 Å². The van der Waals surface area contributed by atoms with Crippen molar-refractivity contribution in [3.8, 4) is 0 Å². The van der Waals surface area contributed by atoms with Gasteiger partial charge in [-0.05, 0) is 12.8 Å². The van der Waals surface area contributed by atoms with E-state index < -0.39 is 12.5 Å². The molecule has 0 saturated heterocycles. The Balaban J connectivity index is 3.60. The fourth-order valence-corrected chi connectivity index (χ4v) is 1.28. The SMILES string of the molecule is CCCCC(CC)NCC(O)C(F)F. The van der Waals surface area contributed by atoms with Gasteiger partial charge >= 0.3 is 0 Å². The lowest BCUT2D eigenvalue weighted by atomic mass is 10.1. The molecule has 0 aliphatic carbocycles. The maximum absolute atomic E-state index is 11.9. The first-order valence-electron chi connectivity index (χ1n) is 5.31. The number of halogens is 2. The van der Waals surface area contributed by atoms with Crippen LogP contribution < -0.4 is 5.32 Å². The predicted molar refractivity (Wildman–Crippen MR) is 53.6 cm³/mol. The number of aliphatic hydroxyl groups excluding tert-OH is 1. The monoisotopic (exact) mass is 209 g/mol. The molecule has 0 aromatic rings. The van der Waals surface area contributed by atoms with Gasteiger partial charge in [-0.1, -0.05) is 26.7 Å². The van der Waals surface area contributed by atoms with E-state index in [9.17, 15) is 8.78 Å².